The average molecular weight is 341 g/mol. The number of para-hydroxylation sites is 1. The standard InChI is InChI=1S/C25H27N/c1-24(2,3)17-14-15-21-20(16-17)19-12-9-13-22(23(19)25(21,4)5)26-18-10-7-6-8-11-18/h6-16,26H,1-5H3. The van der Waals surface area contributed by atoms with E-state index in [1.54, 1.807) is 0 Å². The molecule has 0 radical (unpaired) electrons. The topological polar surface area (TPSA) is 12.0 Å². The zero-order valence-electron chi connectivity index (χ0n) is 16.4. The van der Waals surface area contributed by atoms with Gasteiger partial charge in [-0.1, -0.05) is 83.1 Å². The SMILES string of the molecule is CC(C)(C)c1ccc2c(c1)-c1cccc(Nc3ccccc3)c1C2(C)C. The second kappa shape index (κ2) is 5.74. The predicted octanol–water partition coefficient (Wildman–Crippen LogP) is 7.03. The minimum absolute atomic E-state index is 0.0144. The van der Waals surface area contributed by atoms with E-state index in [0.717, 1.165) is 5.69 Å². The Hall–Kier alpha value is -2.54. The molecular formula is C25H27N. The molecule has 0 saturated carbocycles. The Bertz CT molecular complexity index is 959. The van der Waals surface area contributed by atoms with E-state index < -0.39 is 0 Å². The lowest BCUT2D eigenvalue weighted by Gasteiger charge is -2.25. The van der Waals surface area contributed by atoms with Gasteiger partial charge >= 0.3 is 0 Å². The minimum Gasteiger partial charge on any atom is -0.355 e. The summed E-state index contributed by atoms with van der Waals surface area (Å²) >= 11 is 0. The highest BCUT2D eigenvalue weighted by Crippen LogP contribution is 2.52. The molecule has 4 rings (SSSR count). The van der Waals surface area contributed by atoms with Crippen molar-refractivity contribution < 1.29 is 0 Å². The molecule has 3 aromatic carbocycles. The van der Waals surface area contributed by atoms with Crippen LogP contribution < -0.4 is 5.32 Å². The van der Waals surface area contributed by atoms with Crippen molar-refractivity contribution in [2.45, 2.75) is 45.4 Å². The van der Waals surface area contributed by atoms with Crippen LogP contribution in [-0.4, -0.2) is 0 Å². The smallest absolute Gasteiger partial charge is 0.0431 e. The van der Waals surface area contributed by atoms with Crippen LogP contribution >= 0.6 is 0 Å². The second-order valence-electron chi connectivity index (χ2n) is 8.85. The largest absolute Gasteiger partial charge is 0.355 e. The lowest BCUT2D eigenvalue weighted by molar-refractivity contribution is 0.589. The zero-order chi connectivity index (χ0) is 18.5. The molecule has 1 heteroatoms. The van der Waals surface area contributed by atoms with Gasteiger partial charge in [-0.25, -0.2) is 0 Å². The summed E-state index contributed by atoms with van der Waals surface area (Å²) in [5.74, 6) is 0. The molecule has 0 unspecified atom stereocenters. The molecule has 1 aliphatic rings. The number of anilines is 2. The molecule has 3 aromatic rings. The summed E-state index contributed by atoms with van der Waals surface area (Å²) < 4.78 is 0. The first-order valence-corrected chi connectivity index (χ1v) is 9.39. The maximum Gasteiger partial charge on any atom is 0.0431 e. The third kappa shape index (κ3) is 2.63. The predicted molar refractivity (Wildman–Crippen MR) is 112 cm³/mol. The van der Waals surface area contributed by atoms with Gasteiger partial charge in [-0.15, -0.1) is 0 Å². The molecule has 132 valence electrons. The normalized spacial score (nSPS) is 14.7. The fourth-order valence-corrected chi connectivity index (χ4v) is 4.14. The van der Waals surface area contributed by atoms with Crippen LogP contribution in [0.25, 0.3) is 11.1 Å². The van der Waals surface area contributed by atoms with Crippen molar-refractivity contribution >= 4 is 11.4 Å². The maximum atomic E-state index is 3.64. The molecule has 26 heavy (non-hydrogen) atoms. The molecule has 0 fully saturated rings. The van der Waals surface area contributed by atoms with Crippen LogP contribution in [0.5, 0.6) is 0 Å². The van der Waals surface area contributed by atoms with Crippen LogP contribution in [0.15, 0.2) is 66.7 Å². The summed E-state index contributed by atoms with van der Waals surface area (Å²) in [6.45, 7) is 11.5. The Labute approximate surface area is 157 Å². The molecule has 0 amide bonds. The summed E-state index contributed by atoms with van der Waals surface area (Å²) in [5, 5.41) is 3.64. The molecule has 0 atom stereocenters. The third-order valence-corrected chi connectivity index (χ3v) is 5.59. The first-order valence-electron chi connectivity index (χ1n) is 9.39. The fourth-order valence-electron chi connectivity index (χ4n) is 4.14. The van der Waals surface area contributed by atoms with Gasteiger partial charge < -0.3 is 5.32 Å². The lowest BCUT2D eigenvalue weighted by atomic mass is 9.80. The van der Waals surface area contributed by atoms with Crippen LogP contribution in [0.1, 0.15) is 51.3 Å². The Morgan fingerprint density at radius 3 is 2.19 bits per heavy atom. The lowest BCUT2D eigenvalue weighted by Crippen LogP contribution is -2.17. The number of nitrogens with one attached hydrogen (secondary N) is 1. The Kier molecular flexibility index (Phi) is 3.73. The van der Waals surface area contributed by atoms with Crippen LogP contribution in [-0.2, 0) is 10.8 Å². The van der Waals surface area contributed by atoms with Crippen LogP contribution in [0.2, 0.25) is 0 Å². The highest BCUT2D eigenvalue weighted by atomic mass is 14.9. The van der Waals surface area contributed by atoms with Crippen molar-refractivity contribution in [3.63, 3.8) is 0 Å². The van der Waals surface area contributed by atoms with Gasteiger partial charge in [0.1, 0.15) is 0 Å². The third-order valence-electron chi connectivity index (χ3n) is 5.59. The van der Waals surface area contributed by atoms with Gasteiger partial charge in [0.05, 0.1) is 0 Å². The molecule has 0 spiro atoms. The Morgan fingerprint density at radius 1 is 0.769 bits per heavy atom. The number of fused-ring (bicyclic) bond motifs is 3. The van der Waals surface area contributed by atoms with E-state index in [4.69, 9.17) is 0 Å². The molecular weight excluding hydrogens is 314 g/mol. The van der Waals surface area contributed by atoms with Crippen LogP contribution in [0.4, 0.5) is 11.4 Å². The van der Waals surface area contributed by atoms with Crippen LogP contribution in [0.3, 0.4) is 0 Å². The number of hydrogen-bond donors (Lipinski definition) is 1. The Balaban J connectivity index is 1.88. The monoisotopic (exact) mass is 341 g/mol. The first kappa shape index (κ1) is 16.9. The minimum atomic E-state index is -0.0144. The summed E-state index contributed by atoms with van der Waals surface area (Å²) in [5.41, 5.74) is 9.41. The number of benzene rings is 3. The molecule has 1 N–H and O–H groups in total. The van der Waals surface area contributed by atoms with E-state index in [2.05, 4.69) is 107 Å². The molecule has 1 aliphatic carbocycles. The van der Waals surface area contributed by atoms with Crippen molar-refractivity contribution in [3.05, 3.63) is 83.4 Å². The van der Waals surface area contributed by atoms with E-state index >= 15 is 0 Å². The molecule has 0 saturated heterocycles. The van der Waals surface area contributed by atoms with Gasteiger partial charge in [0.25, 0.3) is 0 Å². The average Bonchev–Trinajstić information content (AvgIpc) is 2.83. The number of hydrogen-bond acceptors (Lipinski definition) is 1. The van der Waals surface area contributed by atoms with Gasteiger partial charge in [-0.2, -0.15) is 0 Å². The van der Waals surface area contributed by atoms with Crippen molar-refractivity contribution in [1.82, 2.24) is 0 Å². The first-order chi connectivity index (χ1) is 12.3. The van der Waals surface area contributed by atoms with E-state index in [-0.39, 0.29) is 10.8 Å². The van der Waals surface area contributed by atoms with Gasteiger partial charge in [-0.05, 0) is 51.4 Å². The fraction of sp³-hybridized carbons (Fsp3) is 0.280. The van der Waals surface area contributed by atoms with E-state index in [1.165, 1.54) is 33.5 Å². The van der Waals surface area contributed by atoms with Crippen molar-refractivity contribution in [1.29, 1.82) is 0 Å². The number of rotatable bonds is 2. The van der Waals surface area contributed by atoms with E-state index in [0.29, 0.717) is 0 Å². The van der Waals surface area contributed by atoms with Gasteiger partial charge in [0.15, 0.2) is 0 Å². The quantitative estimate of drug-likeness (QED) is 0.527. The summed E-state index contributed by atoms with van der Waals surface area (Å²) in [6.07, 6.45) is 0. The summed E-state index contributed by atoms with van der Waals surface area (Å²) in [6, 6.07) is 24.1. The Morgan fingerprint density at radius 2 is 1.50 bits per heavy atom. The maximum absolute atomic E-state index is 3.64. The van der Waals surface area contributed by atoms with Crippen molar-refractivity contribution in [3.8, 4) is 11.1 Å². The van der Waals surface area contributed by atoms with Crippen molar-refractivity contribution in [2.24, 2.45) is 0 Å². The highest BCUT2D eigenvalue weighted by Gasteiger charge is 2.38. The molecule has 1 nitrogen and oxygen atoms in total. The van der Waals surface area contributed by atoms with Gasteiger partial charge in [0.2, 0.25) is 0 Å². The molecule has 0 aromatic heterocycles. The van der Waals surface area contributed by atoms with Gasteiger partial charge in [-0.3, -0.25) is 0 Å². The molecule has 0 heterocycles. The van der Waals surface area contributed by atoms with Crippen molar-refractivity contribution in [2.75, 3.05) is 5.32 Å². The zero-order valence-corrected chi connectivity index (χ0v) is 16.4. The van der Waals surface area contributed by atoms with Crippen LogP contribution in [0, 0.1) is 0 Å². The molecule has 0 bridgehead atoms. The van der Waals surface area contributed by atoms with E-state index in [1.807, 2.05) is 0 Å². The molecule has 0 aliphatic heterocycles. The van der Waals surface area contributed by atoms with E-state index in [9.17, 15) is 0 Å². The highest BCUT2D eigenvalue weighted by molar-refractivity contribution is 5.87. The summed E-state index contributed by atoms with van der Waals surface area (Å²) in [4.78, 5) is 0. The van der Waals surface area contributed by atoms with Gasteiger partial charge in [0, 0.05) is 16.8 Å². The summed E-state index contributed by atoms with van der Waals surface area (Å²) in [7, 11) is 0. The second-order valence-corrected chi connectivity index (χ2v) is 8.85.